The van der Waals surface area contributed by atoms with E-state index in [2.05, 4.69) is 46.4 Å². The highest BCUT2D eigenvalue weighted by Gasteiger charge is 2.06. The van der Waals surface area contributed by atoms with Crippen molar-refractivity contribution >= 4 is 40.1 Å². The molecular formula is C22H15N3O2S2. The van der Waals surface area contributed by atoms with Crippen molar-refractivity contribution in [2.24, 2.45) is 4.99 Å². The van der Waals surface area contributed by atoms with E-state index < -0.39 is 4.92 Å². The summed E-state index contributed by atoms with van der Waals surface area (Å²) in [5, 5.41) is 13.3. The smallest absolute Gasteiger partial charge is 0.258 e. The van der Waals surface area contributed by atoms with Crippen LogP contribution in [0.4, 0.5) is 10.8 Å². The summed E-state index contributed by atoms with van der Waals surface area (Å²) in [6, 6.07) is 24.8. The van der Waals surface area contributed by atoms with Gasteiger partial charge in [0, 0.05) is 39.1 Å². The van der Waals surface area contributed by atoms with Crippen LogP contribution in [0.1, 0.15) is 5.56 Å². The number of non-ortho nitro benzene ring substituents is 1. The molecule has 0 radical (unpaired) electrons. The van der Waals surface area contributed by atoms with Gasteiger partial charge in [-0.15, -0.1) is 11.3 Å². The Morgan fingerprint density at radius 1 is 0.931 bits per heavy atom. The minimum absolute atomic E-state index is 0.0626. The van der Waals surface area contributed by atoms with Crippen LogP contribution < -0.4 is 0 Å². The molecule has 1 heterocycles. The van der Waals surface area contributed by atoms with Crippen LogP contribution in [0.5, 0.6) is 0 Å². The van der Waals surface area contributed by atoms with Gasteiger partial charge in [-0.1, -0.05) is 42.1 Å². The lowest BCUT2D eigenvalue weighted by atomic mass is 10.2. The summed E-state index contributed by atoms with van der Waals surface area (Å²) in [6.45, 7) is 0. The molecule has 4 rings (SSSR count). The molecule has 0 fully saturated rings. The number of hydrogen-bond acceptors (Lipinski definition) is 6. The minimum atomic E-state index is -0.419. The minimum Gasteiger partial charge on any atom is -0.258 e. The van der Waals surface area contributed by atoms with Crippen LogP contribution in [0.15, 0.2) is 99.0 Å². The summed E-state index contributed by atoms with van der Waals surface area (Å²) in [7, 11) is 0. The van der Waals surface area contributed by atoms with E-state index in [0.29, 0.717) is 5.13 Å². The Hall–Kier alpha value is -3.29. The Bertz CT molecular complexity index is 1140. The summed E-state index contributed by atoms with van der Waals surface area (Å²) in [4.78, 5) is 21.6. The monoisotopic (exact) mass is 417 g/mol. The molecule has 0 spiro atoms. The SMILES string of the molecule is O=[N+]([O-])c1ccc(/C=N/c2nc(-c3ccc(Sc4ccccc4)cc3)cs2)cc1. The quantitative estimate of drug-likeness (QED) is 0.201. The van der Waals surface area contributed by atoms with Crippen LogP contribution in [-0.2, 0) is 0 Å². The zero-order chi connectivity index (χ0) is 20.1. The van der Waals surface area contributed by atoms with Crippen LogP contribution in [0.25, 0.3) is 11.3 Å². The number of hydrogen-bond donors (Lipinski definition) is 0. The van der Waals surface area contributed by atoms with Crippen molar-refractivity contribution < 1.29 is 4.92 Å². The zero-order valence-corrected chi connectivity index (χ0v) is 16.8. The predicted octanol–water partition coefficient (Wildman–Crippen LogP) is 6.62. The van der Waals surface area contributed by atoms with Gasteiger partial charge in [0.1, 0.15) is 0 Å². The second kappa shape index (κ2) is 8.81. The number of nitro benzene ring substituents is 1. The third-order valence-electron chi connectivity index (χ3n) is 4.05. The standard InChI is InChI=1S/C22H15N3O2S2/c26-25(27)18-10-6-16(7-11-18)14-23-22-24-21(15-28-22)17-8-12-20(13-9-17)29-19-4-2-1-3-5-19/h1-15H/b23-14+. The second-order valence-corrected chi connectivity index (χ2v) is 8.05. The molecule has 0 aliphatic rings. The highest BCUT2D eigenvalue weighted by molar-refractivity contribution is 7.99. The van der Waals surface area contributed by atoms with Gasteiger partial charge in [-0.25, -0.2) is 9.98 Å². The fourth-order valence-corrected chi connectivity index (χ4v) is 4.09. The molecule has 0 saturated heterocycles. The van der Waals surface area contributed by atoms with Gasteiger partial charge in [-0.2, -0.15) is 0 Å². The number of rotatable bonds is 6. The lowest BCUT2D eigenvalue weighted by Gasteiger charge is -2.02. The molecule has 0 unspecified atom stereocenters. The molecular weight excluding hydrogens is 402 g/mol. The van der Waals surface area contributed by atoms with Crippen molar-refractivity contribution in [3.8, 4) is 11.3 Å². The third-order valence-corrected chi connectivity index (χ3v) is 5.81. The topological polar surface area (TPSA) is 68.4 Å². The first-order valence-electron chi connectivity index (χ1n) is 8.75. The number of nitro groups is 1. The Labute approximate surface area is 175 Å². The van der Waals surface area contributed by atoms with E-state index in [1.54, 1.807) is 30.1 Å². The van der Waals surface area contributed by atoms with Gasteiger partial charge in [0.05, 0.1) is 10.6 Å². The normalized spacial score (nSPS) is 11.0. The molecule has 5 nitrogen and oxygen atoms in total. The lowest BCUT2D eigenvalue weighted by Crippen LogP contribution is -1.88. The van der Waals surface area contributed by atoms with Crippen molar-refractivity contribution in [3.05, 3.63) is 99.9 Å². The molecule has 0 bridgehead atoms. The average molecular weight is 418 g/mol. The Balaban J connectivity index is 1.43. The van der Waals surface area contributed by atoms with Crippen molar-refractivity contribution in [3.63, 3.8) is 0 Å². The Morgan fingerprint density at radius 2 is 1.62 bits per heavy atom. The third kappa shape index (κ3) is 4.96. The summed E-state index contributed by atoms with van der Waals surface area (Å²) in [5.41, 5.74) is 2.76. The van der Waals surface area contributed by atoms with E-state index in [0.717, 1.165) is 16.8 Å². The largest absolute Gasteiger partial charge is 0.269 e. The maximum absolute atomic E-state index is 10.7. The van der Waals surface area contributed by atoms with Gasteiger partial charge in [0.25, 0.3) is 5.69 Å². The molecule has 0 amide bonds. The summed E-state index contributed by atoms with van der Waals surface area (Å²) in [5.74, 6) is 0. The molecule has 0 saturated carbocycles. The van der Waals surface area contributed by atoms with Crippen LogP contribution >= 0.6 is 23.1 Å². The number of benzene rings is 3. The maximum Gasteiger partial charge on any atom is 0.269 e. The first-order valence-corrected chi connectivity index (χ1v) is 10.4. The van der Waals surface area contributed by atoms with Gasteiger partial charge in [-0.05, 0) is 42.0 Å². The highest BCUT2D eigenvalue weighted by Crippen LogP contribution is 2.31. The molecule has 0 atom stereocenters. The van der Waals surface area contributed by atoms with Crippen molar-refractivity contribution in [2.75, 3.05) is 0 Å². The van der Waals surface area contributed by atoms with E-state index in [9.17, 15) is 10.1 Å². The Morgan fingerprint density at radius 3 is 2.31 bits per heavy atom. The first-order chi connectivity index (χ1) is 14.2. The molecule has 3 aromatic carbocycles. The van der Waals surface area contributed by atoms with E-state index in [-0.39, 0.29) is 5.69 Å². The van der Waals surface area contributed by atoms with Gasteiger partial charge in [0.2, 0.25) is 5.13 Å². The summed E-state index contributed by atoms with van der Waals surface area (Å²) in [6.07, 6.45) is 1.66. The van der Waals surface area contributed by atoms with Gasteiger partial charge < -0.3 is 0 Å². The van der Waals surface area contributed by atoms with E-state index in [1.807, 2.05) is 23.6 Å². The fourth-order valence-electron chi connectivity index (χ4n) is 2.59. The van der Waals surface area contributed by atoms with Crippen molar-refractivity contribution in [2.45, 2.75) is 9.79 Å². The number of aliphatic imine (C=N–C) groups is 1. The Kier molecular flexibility index (Phi) is 5.79. The van der Waals surface area contributed by atoms with Gasteiger partial charge >= 0.3 is 0 Å². The van der Waals surface area contributed by atoms with Gasteiger partial charge in [-0.3, -0.25) is 10.1 Å². The van der Waals surface area contributed by atoms with Crippen LogP contribution in [-0.4, -0.2) is 16.1 Å². The van der Waals surface area contributed by atoms with Crippen LogP contribution in [0.2, 0.25) is 0 Å². The van der Waals surface area contributed by atoms with E-state index in [1.165, 1.54) is 33.3 Å². The highest BCUT2D eigenvalue weighted by atomic mass is 32.2. The first kappa shape index (κ1) is 19.0. The summed E-state index contributed by atoms with van der Waals surface area (Å²) < 4.78 is 0. The molecule has 0 aliphatic heterocycles. The van der Waals surface area contributed by atoms with Crippen molar-refractivity contribution in [1.29, 1.82) is 0 Å². The van der Waals surface area contributed by atoms with E-state index >= 15 is 0 Å². The average Bonchev–Trinajstić information content (AvgIpc) is 3.23. The fraction of sp³-hybridized carbons (Fsp3) is 0. The summed E-state index contributed by atoms with van der Waals surface area (Å²) >= 11 is 3.18. The number of nitrogens with zero attached hydrogens (tertiary/aromatic N) is 3. The zero-order valence-electron chi connectivity index (χ0n) is 15.1. The van der Waals surface area contributed by atoms with Crippen LogP contribution in [0.3, 0.4) is 0 Å². The second-order valence-electron chi connectivity index (χ2n) is 6.06. The molecule has 4 aromatic rings. The number of thiazole rings is 1. The molecule has 0 aliphatic carbocycles. The number of aromatic nitrogens is 1. The maximum atomic E-state index is 10.7. The molecule has 142 valence electrons. The molecule has 1 aromatic heterocycles. The predicted molar refractivity (Wildman–Crippen MR) is 118 cm³/mol. The molecule has 29 heavy (non-hydrogen) atoms. The molecule has 7 heteroatoms. The molecule has 0 N–H and O–H groups in total. The van der Waals surface area contributed by atoms with Crippen molar-refractivity contribution in [1.82, 2.24) is 4.98 Å². The lowest BCUT2D eigenvalue weighted by molar-refractivity contribution is -0.384. The van der Waals surface area contributed by atoms with Gasteiger partial charge in [0.15, 0.2) is 0 Å². The van der Waals surface area contributed by atoms with Crippen LogP contribution in [0, 0.1) is 10.1 Å². The van der Waals surface area contributed by atoms with E-state index in [4.69, 9.17) is 0 Å².